The summed E-state index contributed by atoms with van der Waals surface area (Å²) in [5.74, 6) is 1.25. The molecule has 1 aromatic heterocycles. The zero-order chi connectivity index (χ0) is 14.9. The van der Waals surface area contributed by atoms with Crippen molar-refractivity contribution in [2.75, 3.05) is 0 Å². The summed E-state index contributed by atoms with van der Waals surface area (Å²) in [6, 6.07) is 8.38. The van der Waals surface area contributed by atoms with Gasteiger partial charge in [-0.05, 0) is 45.8 Å². The summed E-state index contributed by atoms with van der Waals surface area (Å²) in [4.78, 5) is 4.40. The van der Waals surface area contributed by atoms with Crippen LogP contribution < -0.4 is 0 Å². The molecule has 0 aliphatic heterocycles. The van der Waals surface area contributed by atoms with Crippen LogP contribution in [0.25, 0.3) is 11.1 Å². The molecule has 1 unspecified atom stereocenters. The monoisotopic (exact) mass is 271 g/mol. The highest BCUT2D eigenvalue weighted by molar-refractivity contribution is 5.86. The second kappa shape index (κ2) is 5.63. The Labute approximate surface area is 120 Å². The van der Waals surface area contributed by atoms with E-state index in [4.69, 9.17) is 4.42 Å². The minimum atomic E-state index is -0.611. The molecular formula is C17H21NO2. The van der Waals surface area contributed by atoms with Crippen LogP contribution in [0.1, 0.15) is 55.3 Å². The quantitative estimate of drug-likeness (QED) is 0.905. The first kappa shape index (κ1) is 14.5. The molecule has 1 atom stereocenters. The third kappa shape index (κ3) is 2.83. The van der Waals surface area contributed by atoms with E-state index < -0.39 is 6.10 Å². The molecule has 0 amide bonds. The number of oxazole rings is 1. The van der Waals surface area contributed by atoms with Crippen LogP contribution in [0.2, 0.25) is 0 Å². The van der Waals surface area contributed by atoms with E-state index in [2.05, 4.69) is 43.1 Å². The zero-order valence-corrected chi connectivity index (χ0v) is 12.7. The number of nitrogens with zero attached hydrogens (tertiary/aromatic N) is 1. The average molecular weight is 271 g/mol. The van der Waals surface area contributed by atoms with Crippen molar-refractivity contribution < 1.29 is 9.52 Å². The van der Waals surface area contributed by atoms with E-state index in [0.29, 0.717) is 17.3 Å². The molecule has 0 radical (unpaired) electrons. The van der Waals surface area contributed by atoms with Gasteiger partial charge in [0.25, 0.3) is 0 Å². The van der Waals surface area contributed by atoms with Gasteiger partial charge in [0.05, 0.1) is 6.10 Å². The molecule has 0 aliphatic rings. The van der Waals surface area contributed by atoms with Crippen LogP contribution in [0, 0.1) is 13.8 Å². The largest absolute Gasteiger partial charge is 0.441 e. The highest BCUT2D eigenvalue weighted by Crippen LogP contribution is 2.28. The van der Waals surface area contributed by atoms with Crippen molar-refractivity contribution in [2.45, 2.75) is 40.7 Å². The van der Waals surface area contributed by atoms with Crippen LogP contribution in [-0.4, -0.2) is 10.1 Å². The third-order valence-electron chi connectivity index (χ3n) is 3.60. The van der Waals surface area contributed by atoms with E-state index in [1.54, 1.807) is 6.92 Å². The molecule has 3 heteroatoms. The Morgan fingerprint density at radius 2 is 1.70 bits per heavy atom. The molecule has 20 heavy (non-hydrogen) atoms. The van der Waals surface area contributed by atoms with Crippen molar-refractivity contribution in [1.82, 2.24) is 4.98 Å². The highest BCUT2D eigenvalue weighted by Gasteiger charge is 2.16. The van der Waals surface area contributed by atoms with E-state index in [1.165, 1.54) is 5.56 Å². The van der Waals surface area contributed by atoms with Gasteiger partial charge in [-0.15, -0.1) is 0 Å². The van der Waals surface area contributed by atoms with Crippen LogP contribution >= 0.6 is 0 Å². The van der Waals surface area contributed by atoms with Gasteiger partial charge in [-0.2, -0.15) is 0 Å². The maximum Gasteiger partial charge on any atom is 0.222 e. The van der Waals surface area contributed by atoms with Gasteiger partial charge in [0.2, 0.25) is 5.89 Å². The fraction of sp³-hybridized carbons (Fsp3) is 0.353. The van der Waals surface area contributed by atoms with Crippen LogP contribution in [-0.2, 0) is 0 Å². The van der Waals surface area contributed by atoms with Gasteiger partial charge in [0.1, 0.15) is 11.5 Å². The van der Waals surface area contributed by atoms with E-state index in [-0.39, 0.29) is 0 Å². The van der Waals surface area contributed by atoms with Crippen molar-refractivity contribution >= 4 is 11.1 Å². The fourth-order valence-corrected chi connectivity index (χ4v) is 2.14. The Morgan fingerprint density at radius 3 is 2.20 bits per heavy atom. The molecule has 0 bridgehead atoms. The average Bonchev–Trinajstić information content (AvgIpc) is 2.80. The number of hydrogen-bond donors (Lipinski definition) is 1. The Kier molecular flexibility index (Phi) is 4.09. The Balaban J connectivity index is 2.43. The first-order chi connectivity index (χ1) is 9.40. The molecule has 106 valence electrons. The Morgan fingerprint density at radius 1 is 1.10 bits per heavy atom. The van der Waals surface area contributed by atoms with Gasteiger partial charge in [0.15, 0.2) is 0 Å². The van der Waals surface area contributed by atoms with E-state index >= 15 is 0 Å². The summed E-state index contributed by atoms with van der Waals surface area (Å²) in [5.41, 5.74) is 5.12. The van der Waals surface area contributed by atoms with Crippen LogP contribution in [0.5, 0.6) is 0 Å². The van der Waals surface area contributed by atoms with Gasteiger partial charge in [-0.25, -0.2) is 4.98 Å². The molecule has 1 aromatic carbocycles. The zero-order valence-electron chi connectivity index (χ0n) is 12.7. The molecule has 0 fully saturated rings. The summed E-state index contributed by atoms with van der Waals surface area (Å²) in [6.45, 7) is 9.64. The van der Waals surface area contributed by atoms with E-state index in [1.807, 2.05) is 13.8 Å². The molecule has 1 heterocycles. The lowest BCUT2D eigenvalue weighted by Crippen LogP contribution is -1.94. The molecule has 0 saturated carbocycles. The number of rotatable bonds is 3. The molecule has 1 N–H and O–H groups in total. The summed E-state index contributed by atoms with van der Waals surface area (Å²) in [5, 5.41) is 9.65. The number of aliphatic hydroxyl groups excluding tert-OH is 1. The van der Waals surface area contributed by atoms with Crippen molar-refractivity contribution in [3.63, 3.8) is 0 Å². The Hall–Kier alpha value is -1.87. The van der Waals surface area contributed by atoms with E-state index in [9.17, 15) is 5.11 Å². The molecule has 2 aromatic rings. The third-order valence-corrected chi connectivity index (χ3v) is 3.60. The molecule has 0 saturated heterocycles. The van der Waals surface area contributed by atoms with Crippen molar-refractivity contribution in [1.29, 1.82) is 0 Å². The van der Waals surface area contributed by atoms with Crippen LogP contribution in [0.15, 0.2) is 28.7 Å². The SMILES string of the molecule is C/C(=C(/C)c1nc(C(C)O)c(C)o1)c1ccc(C)cc1. The Bertz CT molecular complexity index is 634. The van der Waals surface area contributed by atoms with E-state index in [0.717, 1.165) is 16.7 Å². The van der Waals surface area contributed by atoms with Crippen molar-refractivity contribution in [3.05, 3.63) is 52.7 Å². The number of aliphatic hydroxyl groups is 1. The fourth-order valence-electron chi connectivity index (χ4n) is 2.14. The number of benzene rings is 1. The number of aromatic nitrogens is 1. The second-order valence-electron chi connectivity index (χ2n) is 5.25. The summed E-state index contributed by atoms with van der Waals surface area (Å²) in [6.07, 6.45) is -0.611. The number of aryl methyl sites for hydroxylation is 2. The van der Waals surface area contributed by atoms with Crippen LogP contribution in [0.4, 0.5) is 0 Å². The lowest BCUT2D eigenvalue weighted by Gasteiger charge is -2.05. The maximum absolute atomic E-state index is 9.65. The lowest BCUT2D eigenvalue weighted by atomic mass is 10.0. The summed E-state index contributed by atoms with van der Waals surface area (Å²) >= 11 is 0. The summed E-state index contributed by atoms with van der Waals surface area (Å²) in [7, 11) is 0. The van der Waals surface area contributed by atoms with Gasteiger partial charge < -0.3 is 9.52 Å². The number of hydrogen-bond acceptors (Lipinski definition) is 3. The lowest BCUT2D eigenvalue weighted by molar-refractivity contribution is 0.193. The second-order valence-corrected chi connectivity index (χ2v) is 5.25. The van der Waals surface area contributed by atoms with Crippen molar-refractivity contribution in [2.24, 2.45) is 0 Å². The van der Waals surface area contributed by atoms with Gasteiger partial charge in [-0.3, -0.25) is 0 Å². The minimum absolute atomic E-state index is 0.580. The molecule has 3 nitrogen and oxygen atoms in total. The van der Waals surface area contributed by atoms with Crippen molar-refractivity contribution in [3.8, 4) is 0 Å². The number of allylic oxidation sites excluding steroid dienone is 2. The molecule has 0 aliphatic carbocycles. The smallest absolute Gasteiger partial charge is 0.222 e. The predicted molar refractivity (Wildman–Crippen MR) is 81.2 cm³/mol. The first-order valence-electron chi connectivity index (χ1n) is 6.80. The van der Waals surface area contributed by atoms with Gasteiger partial charge in [-0.1, -0.05) is 29.8 Å². The first-order valence-corrected chi connectivity index (χ1v) is 6.80. The normalized spacial score (nSPS) is 14.1. The molecular weight excluding hydrogens is 250 g/mol. The molecule has 0 spiro atoms. The minimum Gasteiger partial charge on any atom is -0.441 e. The van der Waals surface area contributed by atoms with Gasteiger partial charge in [0, 0.05) is 5.57 Å². The standard InChI is InChI=1S/C17H21NO2/c1-10-6-8-15(9-7-10)11(2)12(3)17-18-16(13(4)19)14(5)20-17/h6-9,13,19H,1-5H3/b12-11+. The van der Waals surface area contributed by atoms with Crippen LogP contribution in [0.3, 0.4) is 0 Å². The maximum atomic E-state index is 9.65. The van der Waals surface area contributed by atoms with Gasteiger partial charge >= 0.3 is 0 Å². The topological polar surface area (TPSA) is 46.3 Å². The predicted octanol–water partition coefficient (Wildman–Crippen LogP) is 4.30. The summed E-state index contributed by atoms with van der Waals surface area (Å²) < 4.78 is 5.68. The highest BCUT2D eigenvalue weighted by atomic mass is 16.4. The molecule has 2 rings (SSSR count).